The van der Waals surface area contributed by atoms with Gasteiger partial charge in [-0.1, -0.05) is 30.7 Å². The number of benzene rings is 2. The highest BCUT2D eigenvalue weighted by Crippen LogP contribution is 2.26. The molecule has 1 aromatic heterocycles. The zero-order valence-electron chi connectivity index (χ0n) is 15.7. The maximum Gasteiger partial charge on any atom is 0.271 e. The van der Waals surface area contributed by atoms with Gasteiger partial charge in [0.05, 0.1) is 12.8 Å². The van der Waals surface area contributed by atoms with Gasteiger partial charge in [0.2, 0.25) is 0 Å². The fourth-order valence-electron chi connectivity index (χ4n) is 2.47. The van der Waals surface area contributed by atoms with Crippen LogP contribution in [0.25, 0.3) is 11.3 Å². The molecule has 2 aromatic carbocycles. The number of nitrogens with zero attached hydrogens (tertiary/aromatic N) is 1. The molecule has 0 atom stereocenters. The topological polar surface area (TPSA) is 63.8 Å². The van der Waals surface area contributed by atoms with Crippen LogP contribution in [0.3, 0.4) is 0 Å². The highest BCUT2D eigenvalue weighted by atomic mass is 35.5. The van der Waals surface area contributed by atoms with Gasteiger partial charge in [-0.15, -0.1) is 0 Å². The molecule has 0 spiro atoms. The van der Waals surface area contributed by atoms with Crippen molar-refractivity contribution in [3.63, 3.8) is 0 Å². The first-order valence-corrected chi connectivity index (χ1v) is 9.37. The number of carbonyl (C=O) groups excluding carboxylic acids is 1. The van der Waals surface area contributed by atoms with Crippen molar-refractivity contribution >= 4 is 23.7 Å². The zero-order chi connectivity index (χ0) is 19.9. The molecule has 1 heterocycles. The number of halogens is 1. The van der Waals surface area contributed by atoms with Crippen molar-refractivity contribution < 1.29 is 13.9 Å². The van der Waals surface area contributed by atoms with E-state index >= 15 is 0 Å². The molecular formula is C22H21ClN2O3. The van der Waals surface area contributed by atoms with Crippen molar-refractivity contribution in [3.05, 3.63) is 76.5 Å². The van der Waals surface area contributed by atoms with Gasteiger partial charge in [0.15, 0.2) is 0 Å². The SMILES string of the molecule is CCCOc1ccc(C(=O)N/N=C\c2ccc(-c3ccc(C)c(Cl)c3)o2)cc1. The second-order valence-corrected chi connectivity index (χ2v) is 6.65. The zero-order valence-corrected chi connectivity index (χ0v) is 16.5. The van der Waals surface area contributed by atoms with Gasteiger partial charge in [-0.05, 0) is 61.4 Å². The lowest BCUT2D eigenvalue weighted by Gasteiger charge is -2.05. The minimum absolute atomic E-state index is 0.310. The molecule has 28 heavy (non-hydrogen) atoms. The number of hydrazone groups is 1. The molecule has 0 unspecified atom stereocenters. The summed E-state index contributed by atoms with van der Waals surface area (Å²) in [5.41, 5.74) is 4.87. The van der Waals surface area contributed by atoms with E-state index in [0.29, 0.717) is 28.7 Å². The Hall–Kier alpha value is -3.05. The molecule has 0 radical (unpaired) electrons. The fourth-order valence-corrected chi connectivity index (χ4v) is 2.65. The largest absolute Gasteiger partial charge is 0.494 e. The number of ether oxygens (including phenoxy) is 1. The highest BCUT2D eigenvalue weighted by Gasteiger charge is 2.07. The molecule has 6 heteroatoms. The van der Waals surface area contributed by atoms with Gasteiger partial charge in [-0.25, -0.2) is 5.43 Å². The van der Waals surface area contributed by atoms with Gasteiger partial charge in [-0.3, -0.25) is 4.79 Å². The van der Waals surface area contributed by atoms with Crippen molar-refractivity contribution in [1.82, 2.24) is 5.43 Å². The minimum Gasteiger partial charge on any atom is -0.494 e. The molecule has 0 aliphatic heterocycles. The van der Waals surface area contributed by atoms with Crippen LogP contribution in [-0.2, 0) is 0 Å². The van der Waals surface area contributed by atoms with Gasteiger partial charge >= 0.3 is 0 Å². The lowest BCUT2D eigenvalue weighted by Crippen LogP contribution is -2.17. The Balaban J connectivity index is 1.59. The fraction of sp³-hybridized carbons (Fsp3) is 0.182. The van der Waals surface area contributed by atoms with E-state index in [-0.39, 0.29) is 5.91 Å². The molecule has 0 aliphatic rings. The predicted octanol–water partition coefficient (Wildman–Crippen LogP) is 5.46. The number of furan rings is 1. The normalized spacial score (nSPS) is 11.0. The molecule has 0 fully saturated rings. The Morgan fingerprint density at radius 2 is 1.96 bits per heavy atom. The number of carbonyl (C=O) groups is 1. The maximum absolute atomic E-state index is 12.1. The average Bonchev–Trinajstić information content (AvgIpc) is 3.17. The van der Waals surface area contributed by atoms with E-state index in [0.717, 1.165) is 23.3 Å². The number of amides is 1. The molecule has 0 bridgehead atoms. The van der Waals surface area contributed by atoms with Crippen LogP contribution >= 0.6 is 11.6 Å². The van der Waals surface area contributed by atoms with Crippen LogP contribution in [0.15, 0.2) is 64.1 Å². The molecule has 1 amide bonds. The van der Waals surface area contributed by atoms with Crippen LogP contribution in [-0.4, -0.2) is 18.7 Å². The summed E-state index contributed by atoms with van der Waals surface area (Å²) in [6.07, 6.45) is 2.39. The summed E-state index contributed by atoms with van der Waals surface area (Å²) in [5, 5.41) is 4.64. The summed E-state index contributed by atoms with van der Waals surface area (Å²) < 4.78 is 11.2. The molecule has 0 saturated carbocycles. The van der Waals surface area contributed by atoms with Crippen molar-refractivity contribution in [2.45, 2.75) is 20.3 Å². The average molecular weight is 397 g/mol. The standard InChI is InChI=1S/C22H21ClN2O3/c1-3-12-27-18-8-6-16(7-9-18)22(26)25-24-14-19-10-11-21(28-19)17-5-4-15(2)20(23)13-17/h4-11,13-14H,3,12H2,1-2H3,(H,25,26)/b24-14-. The first-order valence-electron chi connectivity index (χ1n) is 8.99. The number of nitrogens with one attached hydrogen (secondary N) is 1. The minimum atomic E-state index is -0.310. The Bertz CT molecular complexity index is 978. The molecule has 3 rings (SSSR count). The molecule has 144 valence electrons. The second-order valence-electron chi connectivity index (χ2n) is 6.24. The van der Waals surface area contributed by atoms with Gasteiger partial charge in [0.1, 0.15) is 17.3 Å². The quantitative estimate of drug-likeness (QED) is 0.426. The lowest BCUT2D eigenvalue weighted by molar-refractivity contribution is 0.0955. The summed E-state index contributed by atoms with van der Waals surface area (Å²) >= 11 is 6.16. The van der Waals surface area contributed by atoms with Crippen LogP contribution in [0.5, 0.6) is 5.75 Å². The third-order valence-electron chi connectivity index (χ3n) is 4.03. The monoisotopic (exact) mass is 396 g/mol. The van der Waals surface area contributed by atoms with Crippen LogP contribution < -0.4 is 10.2 Å². The molecule has 0 aliphatic carbocycles. The summed E-state index contributed by atoms with van der Waals surface area (Å²) in [7, 11) is 0. The van der Waals surface area contributed by atoms with Crippen molar-refractivity contribution in [2.75, 3.05) is 6.61 Å². The van der Waals surface area contributed by atoms with E-state index in [2.05, 4.69) is 10.5 Å². The number of rotatable bonds is 7. The summed E-state index contributed by atoms with van der Waals surface area (Å²) in [4.78, 5) is 12.1. The summed E-state index contributed by atoms with van der Waals surface area (Å²) in [6, 6.07) is 16.3. The van der Waals surface area contributed by atoms with E-state index in [9.17, 15) is 4.79 Å². The van der Waals surface area contributed by atoms with Crippen LogP contribution in [0, 0.1) is 6.92 Å². The number of aryl methyl sites for hydroxylation is 1. The highest BCUT2D eigenvalue weighted by molar-refractivity contribution is 6.31. The van der Waals surface area contributed by atoms with E-state index in [1.807, 2.05) is 38.1 Å². The predicted molar refractivity (Wildman–Crippen MR) is 111 cm³/mol. The molecular weight excluding hydrogens is 376 g/mol. The number of hydrogen-bond donors (Lipinski definition) is 1. The molecule has 1 N–H and O–H groups in total. The van der Waals surface area contributed by atoms with Gasteiger partial charge in [-0.2, -0.15) is 5.10 Å². The first kappa shape index (κ1) is 19.7. The maximum atomic E-state index is 12.1. The number of hydrogen-bond acceptors (Lipinski definition) is 4. The van der Waals surface area contributed by atoms with Crippen molar-refractivity contribution in [3.8, 4) is 17.1 Å². The van der Waals surface area contributed by atoms with Gasteiger partial charge < -0.3 is 9.15 Å². The van der Waals surface area contributed by atoms with E-state index in [4.69, 9.17) is 20.8 Å². The first-order chi connectivity index (χ1) is 13.6. The summed E-state index contributed by atoms with van der Waals surface area (Å²) in [5.74, 6) is 1.63. The van der Waals surface area contributed by atoms with Crippen molar-refractivity contribution in [1.29, 1.82) is 0 Å². The third kappa shape index (κ3) is 5.02. The van der Waals surface area contributed by atoms with E-state index in [1.54, 1.807) is 30.3 Å². The van der Waals surface area contributed by atoms with Crippen molar-refractivity contribution in [2.24, 2.45) is 5.10 Å². The Kier molecular flexibility index (Phi) is 6.50. The Morgan fingerprint density at radius 3 is 2.68 bits per heavy atom. The second kappa shape index (κ2) is 9.24. The molecule has 0 saturated heterocycles. The Labute approximate surface area is 169 Å². The van der Waals surface area contributed by atoms with Gasteiger partial charge in [0, 0.05) is 16.1 Å². The Morgan fingerprint density at radius 1 is 1.18 bits per heavy atom. The lowest BCUT2D eigenvalue weighted by atomic mass is 10.1. The molecule has 3 aromatic rings. The third-order valence-corrected chi connectivity index (χ3v) is 4.44. The van der Waals surface area contributed by atoms with Crippen LogP contribution in [0.1, 0.15) is 35.0 Å². The smallest absolute Gasteiger partial charge is 0.271 e. The van der Waals surface area contributed by atoms with Gasteiger partial charge in [0.25, 0.3) is 5.91 Å². The van der Waals surface area contributed by atoms with E-state index in [1.165, 1.54) is 6.21 Å². The van der Waals surface area contributed by atoms with Crippen LogP contribution in [0.2, 0.25) is 5.02 Å². The van der Waals surface area contributed by atoms with Crippen LogP contribution in [0.4, 0.5) is 0 Å². The molecule has 5 nitrogen and oxygen atoms in total. The van der Waals surface area contributed by atoms with E-state index < -0.39 is 0 Å². The summed E-state index contributed by atoms with van der Waals surface area (Å²) in [6.45, 7) is 4.63.